The van der Waals surface area contributed by atoms with E-state index in [0.29, 0.717) is 6.54 Å². The maximum atomic E-state index is 11.8. The fraction of sp³-hybridized carbons (Fsp3) is 0.444. The van der Waals surface area contributed by atoms with Crippen molar-refractivity contribution in [2.75, 3.05) is 12.3 Å². The highest BCUT2D eigenvalue weighted by molar-refractivity contribution is 5.75. The van der Waals surface area contributed by atoms with Crippen LogP contribution < -0.4 is 5.73 Å². The van der Waals surface area contributed by atoms with E-state index in [9.17, 15) is 4.79 Å². The molecule has 0 unspecified atom stereocenters. The van der Waals surface area contributed by atoms with Crippen molar-refractivity contribution in [3.8, 4) is 11.3 Å². The molecule has 5 nitrogen and oxygen atoms in total. The van der Waals surface area contributed by atoms with Crippen molar-refractivity contribution in [3.05, 3.63) is 35.5 Å². The quantitative estimate of drug-likeness (QED) is 0.824. The number of rotatable bonds is 1. The predicted octanol–water partition coefficient (Wildman–Crippen LogP) is 2.79. The lowest BCUT2D eigenvalue weighted by atomic mass is 9.99. The Hall–Kier alpha value is -2.30. The van der Waals surface area contributed by atoms with Crippen LogP contribution in [-0.4, -0.2) is 27.1 Å². The van der Waals surface area contributed by atoms with Crippen LogP contribution in [0, 0.1) is 0 Å². The Morgan fingerprint density at radius 2 is 1.87 bits per heavy atom. The highest BCUT2D eigenvalue weighted by atomic mass is 16.2. The SMILES string of the molecule is CC(=O)N1CCc2c(c(-c3ccc(N)cc3)nn2C(C)(C)C)C1. The molecule has 1 aromatic heterocycles. The summed E-state index contributed by atoms with van der Waals surface area (Å²) in [5.41, 5.74) is 10.9. The summed E-state index contributed by atoms with van der Waals surface area (Å²) in [5.74, 6) is 0.113. The Labute approximate surface area is 137 Å². The van der Waals surface area contributed by atoms with Crippen molar-refractivity contribution in [1.29, 1.82) is 0 Å². The van der Waals surface area contributed by atoms with E-state index < -0.39 is 0 Å². The van der Waals surface area contributed by atoms with Gasteiger partial charge in [0.25, 0.3) is 0 Å². The first-order chi connectivity index (χ1) is 10.8. The van der Waals surface area contributed by atoms with E-state index in [1.165, 1.54) is 5.69 Å². The van der Waals surface area contributed by atoms with Crippen molar-refractivity contribution >= 4 is 11.6 Å². The van der Waals surface area contributed by atoms with Crippen LogP contribution in [0.5, 0.6) is 0 Å². The molecule has 0 spiro atoms. The molecule has 1 aliphatic rings. The molecule has 0 fully saturated rings. The zero-order chi connectivity index (χ0) is 16.8. The van der Waals surface area contributed by atoms with Gasteiger partial charge in [0, 0.05) is 48.9 Å². The standard InChI is InChI=1S/C18H24N4O/c1-12(23)21-10-9-16-15(11-21)17(20-22(16)18(2,3)4)13-5-7-14(19)8-6-13/h5-8H,9-11,19H2,1-4H3. The molecule has 0 bridgehead atoms. The first-order valence-corrected chi connectivity index (χ1v) is 8.00. The van der Waals surface area contributed by atoms with Gasteiger partial charge in [0.15, 0.2) is 0 Å². The monoisotopic (exact) mass is 312 g/mol. The highest BCUT2D eigenvalue weighted by Crippen LogP contribution is 2.33. The van der Waals surface area contributed by atoms with E-state index in [1.54, 1.807) is 6.92 Å². The third kappa shape index (κ3) is 2.83. The van der Waals surface area contributed by atoms with Gasteiger partial charge in [-0.2, -0.15) is 5.10 Å². The van der Waals surface area contributed by atoms with Crippen LogP contribution >= 0.6 is 0 Å². The molecule has 3 rings (SSSR count). The number of nitrogen functional groups attached to an aromatic ring is 1. The number of anilines is 1. The van der Waals surface area contributed by atoms with Crippen molar-refractivity contribution < 1.29 is 4.79 Å². The van der Waals surface area contributed by atoms with Crippen LogP contribution in [-0.2, 0) is 23.3 Å². The summed E-state index contributed by atoms with van der Waals surface area (Å²) in [6.45, 7) is 9.48. The molecule has 2 N–H and O–H groups in total. The van der Waals surface area contributed by atoms with Gasteiger partial charge in [-0.05, 0) is 32.9 Å². The number of nitrogens with two attached hydrogens (primary N) is 1. The molecule has 23 heavy (non-hydrogen) atoms. The lowest BCUT2D eigenvalue weighted by Gasteiger charge is -2.29. The smallest absolute Gasteiger partial charge is 0.219 e. The number of hydrogen-bond acceptors (Lipinski definition) is 3. The molecule has 0 saturated carbocycles. The second kappa shape index (κ2) is 5.41. The number of aromatic nitrogens is 2. The number of fused-ring (bicyclic) bond motifs is 1. The van der Waals surface area contributed by atoms with E-state index in [0.717, 1.165) is 35.5 Å². The van der Waals surface area contributed by atoms with Gasteiger partial charge in [-0.15, -0.1) is 0 Å². The van der Waals surface area contributed by atoms with Crippen LogP contribution in [0.3, 0.4) is 0 Å². The molecule has 0 saturated heterocycles. The topological polar surface area (TPSA) is 64.2 Å². The summed E-state index contributed by atoms with van der Waals surface area (Å²) < 4.78 is 2.12. The Morgan fingerprint density at radius 1 is 1.22 bits per heavy atom. The van der Waals surface area contributed by atoms with Gasteiger partial charge in [0.1, 0.15) is 0 Å². The van der Waals surface area contributed by atoms with Crippen LogP contribution in [0.15, 0.2) is 24.3 Å². The molecule has 2 aromatic rings. The third-order valence-corrected chi connectivity index (χ3v) is 4.32. The van der Waals surface area contributed by atoms with Crippen LogP contribution in [0.2, 0.25) is 0 Å². The fourth-order valence-corrected chi connectivity index (χ4v) is 3.12. The second-order valence-corrected chi connectivity index (χ2v) is 7.17. The molecule has 0 radical (unpaired) electrons. The molecule has 2 heterocycles. The van der Waals surface area contributed by atoms with E-state index >= 15 is 0 Å². The zero-order valence-corrected chi connectivity index (χ0v) is 14.3. The van der Waals surface area contributed by atoms with Gasteiger partial charge in [0.2, 0.25) is 5.91 Å². The van der Waals surface area contributed by atoms with Crippen molar-refractivity contribution in [1.82, 2.24) is 14.7 Å². The summed E-state index contributed by atoms with van der Waals surface area (Å²) in [7, 11) is 0. The molecule has 0 aliphatic carbocycles. The van der Waals surface area contributed by atoms with Crippen LogP contribution in [0.4, 0.5) is 5.69 Å². The summed E-state index contributed by atoms with van der Waals surface area (Å²) >= 11 is 0. The number of carbonyl (C=O) groups excluding carboxylic acids is 1. The Kier molecular flexibility index (Phi) is 3.66. The lowest BCUT2D eigenvalue weighted by Crippen LogP contribution is -2.36. The minimum absolute atomic E-state index is 0.0888. The van der Waals surface area contributed by atoms with E-state index in [4.69, 9.17) is 10.8 Å². The van der Waals surface area contributed by atoms with Crippen LogP contribution in [0.25, 0.3) is 11.3 Å². The zero-order valence-electron chi connectivity index (χ0n) is 14.3. The van der Waals surface area contributed by atoms with E-state index in [1.807, 2.05) is 29.2 Å². The Morgan fingerprint density at radius 3 is 2.43 bits per heavy atom. The van der Waals surface area contributed by atoms with Gasteiger partial charge in [0.05, 0.1) is 11.2 Å². The molecule has 1 aliphatic heterocycles. The van der Waals surface area contributed by atoms with Gasteiger partial charge in [-0.3, -0.25) is 9.48 Å². The summed E-state index contributed by atoms with van der Waals surface area (Å²) in [6.07, 6.45) is 0.841. The normalized spacial score (nSPS) is 14.7. The molecular weight excluding hydrogens is 288 g/mol. The van der Waals surface area contributed by atoms with Crippen LogP contribution in [0.1, 0.15) is 39.0 Å². The molecule has 122 valence electrons. The number of hydrogen-bond donors (Lipinski definition) is 1. The average molecular weight is 312 g/mol. The first kappa shape index (κ1) is 15.6. The van der Waals surface area contributed by atoms with Crippen molar-refractivity contribution in [3.63, 3.8) is 0 Å². The predicted molar refractivity (Wildman–Crippen MR) is 91.9 cm³/mol. The average Bonchev–Trinajstić information content (AvgIpc) is 2.86. The Bertz CT molecular complexity index is 738. The summed E-state index contributed by atoms with van der Waals surface area (Å²) in [5, 5.41) is 4.89. The van der Waals surface area contributed by atoms with Gasteiger partial charge in [-0.25, -0.2) is 0 Å². The fourth-order valence-electron chi connectivity index (χ4n) is 3.12. The van der Waals surface area contributed by atoms with Gasteiger partial charge in [-0.1, -0.05) is 12.1 Å². The largest absolute Gasteiger partial charge is 0.399 e. The maximum absolute atomic E-state index is 11.8. The number of amides is 1. The second-order valence-electron chi connectivity index (χ2n) is 7.17. The first-order valence-electron chi connectivity index (χ1n) is 8.00. The summed E-state index contributed by atoms with van der Waals surface area (Å²) in [6, 6.07) is 7.78. The number of carbonyl (C=O) groups is 1. The maximum Gasteiger partial charge on any atom is 0.219 e. The molecule has 5 heteroatoms. The number of benzene rings is 1. The highest BCUT2D eigenvalue weighted by Gasteiger charge is 2.30. The van der Waals surface area contributed by atoms with Crippen molar-refractivity contribution in [2.24, 2.45) is 0 Å². The van der Waals surface area contributed by atoms with E-state index in [-0.39, 0.29) is 11.4 Å². The lowest BCUT2D eigenvalue weighted by molar-refractivity contribution is -0.129. The third-order valence-electron chi connectivity index (χ3n) is 4.32. The molecular formula is C18H24N4O. The molecule has 1 amide bonds. The van der Waals surface area contributed by atoms with E-state index in [2.05, 4.69) is 25.5 Å². The number of nitrogens with zero attached hydrogens (tertiary/aromatic N) is 3. The van der Waals surface area contributed by atoms with Gasteiger partial charge < -0.3 is 10.6 Å². The van der Waals surface area contributed by atoms with Gasteiger partial charge >= 0.3 is 0 Å². The summed E-state index contributed by atoms with van der Waals surface area (Å²) in [4.78, 5) is 13.7. The minimum atomic E-state index is -0.0888. The molecule has 1 aromatic carbocycles. The Balaban J connectivity index is 2.14. The molecule has 0 atom stereocenters. The van der Waals surface area contributed by atoms with Crippen molar-refractivity contribution in [2.45, 2.75) is 46.2 Å². The minimum Gasteiger partial charge on any atom is -0.399 e.